The molecular weight excluding hydrogens is 701 g/mol. The second kappa shape index (κ2) is 12.3. The summed E-state index contributed by atoms with van der Waals surface area (Å²) in [7, 11) is 0. The van der Waals surface area contributed by atoms with E-state index in [1.807, 2.05) is 54.6 Å². The number of furan rings is 2. The van der Waals surface area contributed by atoms with Crippen LogP contribution in [0.4, 0.5) is 0 Å². The number of benzene rings is 8. The van der Waals surface area contributed by atoms with Gasteiger partial charge < -0.3 is 8.83 Å². The highest BCUT2D eigenvalue weighted by molar-refractivity contribution is 6.18. The van der Waals surface area contributed by atoms with Crippen molar-refractivity contribution < 1.29 is 8.83 Å². The van der Waals surface area contributed by atoms with E-state index < -0.39 is 0 Å². The Hall–Kier alpha value is -7.83. The van der Waals surface area contributed by atoms with E-state index in [9.17, 15) is 0 Å². The first-order valence-corrected chi connectivity index (χ1v) is 19.0. The average Bonchev–Trinajstić information content (AvgIpc) is 3.95. The number of nitrogens with zero attached hydrogens (tertiary/aromatic N) is 4. The van der Waals surface area contributed by atoms with Crippen molar-refractivity contribution in [3.05, 3.63) is 182 Å². The molecular formula is C51H30N4O2. The minimum absolute atomic E-state index is 0.526. The number of fused-ring (bicyclic) bond motifs is 9. The van der Waals surface area contributed by atoms with E-state index in [1.165, 1.54) is 0 Å². The van der Waals surface area contributed by atoms with Crippen molar-refractivity contribution in [1.29, 1.82) is 0 Å². The van der Waals surface area contributed by atoms with Crippen molar-refractivity contribution in [1.82, 2.24) is 19.5 Å². The molecule has 0 aliphatic rings. The van der Waals surface area contributed by atoms with E-state index in [0.29, 0.717) is 17.6 Å². The number of hydrogen-bond acceptors (Lipinski definition) is 5. The molecule has 0 N–H and O–H groups in total. The molecule has 4 aromatic heterocycles. The molecule has 0 unspecified atom stereocenters. The lowest BCUT2D eigenvalue weighted by atomic mass is 9.99. The predicted molar refractivity (Wildman–Crippen MR) is 230 cm³/mol. The van der Waals surface area contributed by atoms with Crippen molar-refractivity contribution in [3.8, 4) is 51.0 Å². The monoisotopic (exact) mass is 730 g/mol. The van der Waals surface area contributed by atoms with E-state index in [4.69, 9.17) is 23.8 Å². The summed E-state index contributed by atoms with van der Waals surface area (Å²) in [4.78, 5) is 15.5. The Labute approximate surface area is 325 Å². The van der Waals surface area contributed by atoms with Crippen LogP contribution >= 0.6 is 0 Å². The topological polar surface area (TPSA) is 69.9 Å². The maximum absolute atomic E-state index is 6.69. The number of aromatic nitrogens is 4. The molecule has 4 heterocycles. The molecule has 6 nitrogen and oxygen atoms in total. The van der Waals surface area contributed by atoms with Crippen LogP contribution in [0.2, 0.25) is 0 Å². The molecule has 0 aliphatic heterocycles. The molecule has 266 valence electrons. The smallest absolute Gasteiger partial charge is 0.238 e. The fourth-order valence-corrected chi connectivity index (χ4v) is 8.45. The molecule has 0 radical (unpaired) electrons. The third-order valence-corrected chi connectivity index (χ3v) is 11.1. The maximum atomic E-state index is 6.69. The molecule has 0 bridgehead atoms. The Kier molecular flexibility index (Phi) is 6.83. The zero-order valence-corrected chi connectivity index (χ0v) is 30.4. The summed E-state index contributed by atoms with van der Waals surface area (Å²) in [6, 6.07) is 62.6. The van der Waals surface area contributed by atoms with Gasteiger partial charge in [0.1, 0.15) is 22.3 Å². The molecule has 57 heavy (non-hydrogen) atoms. The van der Waals surface area contributed by atoms with Gasteiger partial charge in [-0.15, -0.1) is 0 Å². The third-order valence-electron chi connectivity index (χ3n) is 11.1. The van der Waals surface area contributed by atoms with Gasteiger partial charge in [0.15, 0.2) is 11.6 Å². The lowest BCUT2D eigenvalue weighted by Crippen LogP contribution is -2.06. The van der Waals surface area contributed by atoms with Crippen LogP contribution < -0.4 is 0 Å². The summed E-state index contributed by atoms with van der Waals surface area (Å²) in [5, 5.41) is 6.35. The lowest BCUT2D eigenvalue weighted by Gasteiger charge is -2.11. The average molecular weight is 731 g/mol. The molecule has 8 aromatic carbocycles. The van der Waals surface area contributed by atoms with Crippen molar-refractivity contribution in [3.63, 3.8) is 0 Å². The predicted octanol–water partition coefficient (Wildman–Crippen LogP) is 13.4. The van der Waals surface area contributed by atoms with Crippen LogP contribution in [0, 0.1) is 0 Å². The van der Waals surface area contributed by atoms with Crippen LogP contribution in [-0.4, -0.2) is 19.5 Å². The quantitative estimate of drug-likeness (QED) is 0.176. The van der Waals surface area contributed by atoms with Gasteiger partial charge in [-0.3, -0.25) is 4.57 Å². The minimum atomic E-state index is 0.526. The van der Waals surface area contributed by atoms with Crippen molar-refractivity contribution in [2.75, 3.05) is 0 Å². The first kappa shape index (κ1) is 31.5. The zero-order valence-electron chi connectivity index (χ0n) is 30.4. The van der Waals surface area contributed by atoms with Gasteiger partial charge >= 0.3 is 0 Å². The highest BCUT2D eigenvalue weighted by Crippen LogP contribution is 2.42. The second-order valence-corrected chi connectivity index (χ2v) is 14.4. The Morgan fingerprint density at radius 1 is 0.351 bits per heavy atom. The first-order chi connectivity index (χ1) is 28.2. The van der Waals surface area contributed by atoms with Gasteiger partial charge in [0.25, 0.3) is 0 Å². The van der Waals surface area contributed by atoms with Gasteiger partial charge in [-0.05, 0) is 53.1 Å². The van der Waals surface area contributed by atoms with Crippen LogP contribution in [0.15, 0.2) is 191 Å². The van der Waals surface area contributed by atoms with Crippen molar-refractivity contribution >= 4 is 65.7 Å². The molecule has 12 aromatic rings. The summed E-state index contributed by atoms with van der Waals surface area (Å²) >= 11 is 0. The van der Waals surface area contributed by atoms with Gasteiger partial charge in [0.05, 0.1) is 11.0 Å². The molecule has 0 saturated carbocycles. The van der Waals surface area contributed by atoms with Gasteiger partial charge in [0.2, 0.25) is 5.95 Å². The fourth-order valence-electron chi connectivity index (χ4n) is 8.45. The standard InChI is InChI=1S/C51H30N4O2/c1-4-14-31(15-5-1)35-21-13-25-44-47(35)39-27-26-34(28-45(39)56-44)50-52-49(33-18-8-3-9-19-33)53-51(54-50)55-42-24-11-10-20-37(42)40-30-46-41(29-43(40)55)38-23-12-22-36(48(38)57-46)32-16-6-2-7-17-32/h1-30H. The van der Waals surface area contributed by atoms with Gasteiger partial charge in [-0.1, -0.05) is 146 Å². The zero-order chi connectivity index (χ0) is 37.5. The highest BCUT2D eigenvalue weighted by atomic mass is 16.3. The normalized spacial score (nSPS) is 11.9. The van der Waals surface area contributed by atoms with Crippen molar-refractivity contribution in [2.24, 2.45) is 0 Å². The Balaban J connectivity index is 1.09. The van der Waals surface area contributed by atoms with Gasteiger partial charge in [-0.25, -0.2) is 4.98 Å². The van der Waals surface area contributed by atoms with Crippen LogP contribution in [-0.2, 0) is 0 Å². The SMILES string of the molecule is c1ccc(-c2nc(-c3ccc4c(c3)oc3cccc(-c5ccccc5)c34)nc(-n3c4ccccc4c4cc5oc6c(-c7ccccc7)cccc6c5cc43)n2)cc1. The van der Waals surface area contributed by atoms with Gasteiger partial charge in [-0.2, -0.15) is 9.97 Å². The van der Waals surface area contributed by atoms with Gasteiger partial charge in [0, 0.05) is 49.0 Å². The van der Waals surface area contributed by atoms with E-state index in [1.54, 1.807) is 0 Å². The van der Waals surface area contributed by atoms with Crippen LogP contribution in [0.3, 0.4) is 0 Å². The Bertz CT molecular complexity index is 3510. The fraction of sp³-hybridized carbons (Fsp3) is 0. The number of hydrogen-bond donors (Lipinski definition) is 0. The van der Waals surface area contributed by atoms with Crippen molar-refractivity contribution in [2.45, 2.75) is 0 Å². The molecule has 0 atom stereocenters. The molecule has 6 heteroatoms. The van der Waals surface area contributed by atoms with Crippen LogP contribution in [0.1, 0.15) is 0 Å². The van der Waals surface area contributed by atoms with Crippen LogP contribution in [0.5, 0.6) is 0 Å². The summed E-state index contributed by atoms with van der Waals surface area (Å²) in [5.41, 5.74) is 11.5. The maximum Gasteiger partial charge on any atom is 0.238 e. The summed E-state index contributed by atoms with van der Waals surface area (Å²) in [6.45, 7) is 0. The number of rotatable bonds is 5. The Morgan fingerprint density at radius 2 is 0.982 bits per heavy atom. The van der Waals surface area contributed by atoms with E-state index in [-0.39, 0.29) is 0 Å². The summed E-state index contributed by atoms with van der Waals surface area (Å²) in [5.74, 6) is 1.66. The molecule has 0 saturated heterocycles. The third kappa shape index (κ3) is 4.94. The number of para-hydroxylation sites is 2. The second-order valence-electron chi connectivity index (χ2n) is 14.4. The Morgan fingerprint density at radius 3 is 1.77 bits per heavy atom. The summed E-state index contributed by atoms with van der Waals surface area (Å²) in [6.07, 6.45) is 0. The molecule has 0 aliphatic carbocycles. The molecule has 0 fully saturated rings. The van der Waals surface area contributed by atoms with E-state index >= 15 is 0 Å². The van der Waals surface area contributed by atoms with E-state index in [0.717, 1.165) is 99.1 Å². The lowest BCUT2D eigenvalue weighted by molar-refractivity contribution is 0.669. The van der Waals surface area contributed by atoms with Crippen LogP contribution in [0.25, 0.3) is 117 Å². The largest absolute Gasteiger partial charge is 0.456 e. The molecule has 0 amide bonds. The molecule has 0 spiro atoms. The minimum Gasteiger partial charge on any atom is -0.456 e. The highest BCUT2D eigenvalue weighted by Gasteiger charge is 2.22. The first-order valence-electron chi connectivity index (χ1n) is 19.0. The van der Waals surface area contributed by atoms with E-state index in [2.05, 4.69) is 132 Å². The summed E-state index contributed by atoms with van der Waals surface area (Å²) < 4.78 is 15.4. The molecule has 12 rings (SSSR count).